The average molecular weight is 230 g/mol. The van der Waals surface area contributed by atoms with Gasteiger partial charge in [0.15, 0.2) is 0 Å². The zero-order chi connectivity index (χ0) is 12.0. The van der Waals surface area contributed by atoms with E-state index < -0.39 is 0 Å². The molecule has 4 atom stereocenters. The highest BCUT2D eigenvalue weighted by molar-refractivity contribution is 4.71. The van der Waals surface area contributed by atoms with Crippen molar-refractivity contribution in [3.8, 4) is 0 Å². The van der Waals surface area contributed by atoms with E-state index in [1.165, 1.54) is 0 Å². The van der Waals surface area contributed by atoms with Gasteiger partial charge in [-0.3, -0.25) is 0 Å². The maximum atomic E-state index is 5.23. The van der Waals surface area contributed by atoms with Gasteiger partial charge in [-0.05, 0) is 27.7 Å². The molecule has 0 aromatic heterocycles. The molecule has 0 radical (unpaired) electrons. The summed E-state index contributed by atoms with van der Waals surface area (Å²) < 4.78 is 10.5. The smallest absolute Gasteiger partial charge is 0.0617 e. The van der Waals surface area contributed by atoms with Crippen molar-refractivity contribution in [1.29, 1.82) is 0 Å². The zero-order valence-electron chi connectivity index (χ0n) is 11.0. The molecule has 2 heterocycles. The molecule has 96 valence electrons. The maximum Gasteiger partial charge on any atom is 0.0617 e. The van der Waals surface area contributed by atoms with E-state index in [1.54, 1.807) is 0 Å². The molecule has 0 amide bonds. The summed E-state index contributed by atoms with van der Waals surface area (Å²) in [5.41, 5.74) is 0. The minimum atomic E-state index is 0.541. The van der Waals surface area contributed by atoms with Crippen molar-refractivity contribution in [1.82, 2.24) is 10.6 Å². The lowest BCUT2D eigenvalue weighted by molar-refractivity contribution is 0.0560. The fraction of sp³-hybridized carbons (Fsp3) is 1.00. The lowest BCUT2D eigenvalue weighted by atomic mass is 10.2. The normalized spacial score (nSPS) is 39.8. The Kier molecular flexibility index (Phi) is 6.28. The molecule has 2 fully saturated rings. The van der Waals surface area contributed by atoms with Crippen LogP contribution in [0.2, 0.25) is 0 Å². The summed E-state index contributed by atoms with van der Waals surface area (Å²) in [4.78, 5) is 0. The van der Waals surface area contributed by atoms with E-state index in [0.29, 0.717) is 24.2 Å². The van der Waals surface area contributed by atoms with Gasteiger partial charge in [-0.25, -0.2) is 0 Å². The van der Waals surface area contributed by atoms with Gasteiger partial charge in [-0.2, -0.15) is 0 Å². The maximum absolute atomic E-state index is 5.23. The molecule has 2 aliphatic heterocycles. The van der Waals surface area contributed by atoms with Gasteiger partial charge in [0.2, 0.25) is 0 Å². The molecule has 2 rings (SSSR count). The summed E-state index contributed by atoms with van der Waals surface area (Å²) in [6.45, 7) is 12.0. The Morgan fingerprint density at radius 2 is 0.875 bits per heavy atom. The third kappa shape index (κ3) is 5.80. The molecule has 0 aromatic carbocycles. The average Bonchev–Trinajstić information content (AvgIpc) is 2.17. The summed E-state index contributed by atoms with van der Waals surface area (Å²) in [7, 11) is 0. The van der Waals surface area contributed by atoms with Crippen molar-refractivity contribution < 1.29 is 9.47 Å². The van der Waals surface area contributed by atoms with E-state index in [-0.39, 0.29) is 0 Å². The Balaban J connectivity index is 0.000000160. The van der Waals surface area contributed by atoms with Crippen LogP contribution in [0.25, 0.3) is 0 Å². The van der Waals surface area contributed by atoms with Gasteiger partial charge in [0, 0.05) is 24.2 Å². The van der Waals surface area contributed by atoms with Gasteiger partial charge >= 0.3 is 0 Å². The number of morpholine rings is 2. The molecule has 2 aliphatic rings. The first-order valence-electron chi connectivity index (χ1n) is 6.25. The van der Waals surface area contributed by atoms with E-state index in [1.807, 2.05) is 0 Å². The Hall–Kier alpha value is -0.160. The molecular formula is C12H26N2O2. The molecule has 0 spiro atoms. The fourth-order valence-corrected chi connectivity index (χ4v) is 2.01. The zero-order valence-corrected chi connectivity index (χ0v) is 11.0. The number of ether oxygens (including phenoxy) is 2. The van der Waals surface area contributed by atoms with Crippen LogP contribution in [0.3, 0.4) is 0 Å². The van der Waals surface area contributed by atoms with Crippen LogP contribution in [0.15, 0.2) is 0 Å². The van der Waals surface area contributed by atoms with Crippen molar-refractivity contribution in [2.45, 2.75) is 51.9 Å². The second-order valence-electron chi connectivity index (χ2n) is 5.01. The molecule has 0 aromatic rings. The highest BCUT2D eigenvalue weighted by atomic mass is 16.5. The predicted molar refractivity (Wildman–Crippen MR) is 65.8 cm³/mol. The van der Waals surface area contributed by atoms with Gasteiger partial charge in [0.05, 0.1) is 26.4 Å². The van der Waals surface area contributed by atoms with Crippen LogP contribution in [-0.4, -0.2) is 50.6 Å². The van der Waals surface area contributed by atoms with Gasteiger partial charge < -0.3 is 20.1 Å². The van der Waals surface area contributed by atoms with Crippen molar-refractivity contribution in [3.63, 3.8) is 0 Å². The largest absolute Gasteiger partial charge is 0.378 e. The topological polar surface area (TPSA) is 42.5 Å². The third-order valence-corrected chi connectivity index (χ3v) is 2.61. The van der Waals surface area contributed by atoms with Crippen LogP contribution >= 0.6 is 0 Å². The lowest BCUT2D eigenvalue weighted by Crippen LogP contribution is -2.45. The lowest BCUT2D eigenvalue weighted by Gasteiger charge is -2.25. The predicted octanol–water partition coefficient (Wildman–Crippen LogP) is 0.766. The van der Waals surface area contributed by atoms with Crippen LogP contribution in [0, 0.1) is 0 Å². The summed E-state index contributed by atoms with van der Waals surface area (Å²) >= 11 is 0. The molecule has 0 unspecified atom stereocenters. The summed E-state index contributed by atoms with van der Waals surface area (Å²) in [6.07, 6.45) is 0. The number of rotatable bonds is 0. The van der Waals surface area contributed by atoms with Crippen LogP contribution in [0.5, 0.6) is 0 Å². The highest BCUT2D eigenvalue weighted by Gasteiger charge is 2.13. The van der Waals surface area contributed by atoms with Gasteiger partial charge in [0.25, 0.3) is 0 Å². The van der Waals surface area contributed by atoms with E-state index in [9.17, 15) is 0 Å². The first kappa shape index (κ1) is 13.9. The molecule has 16 heavy (non-hydrogen) atoms. The third-order valence-electron chi connectivity index (χ3n) is 2.61. The second-order valence-corrected chi connectivity index (χ2v) is 5.01. The van der Waals surface area contributed by atoms with Crippen molar-refractivity contribution in [2.24, 2.45) is 0 Å². The van der Waals surface area contributed by atoms with Crippen molar-refractivity contribution in [2.75, 3.05) is 26.4 Å². The van der Waals surface area contributed by atoms with Crippen molar-refractivity contribution >= 4 is 0 Å². The van der Waals surface area contributed by atoms with E-state index in [4.69, 9.17) is 9.47 Å². The molecule has 2 saturated heterocycles. The molecule has 0 saturated carbocycles. The minimum absolute atomic E-state index is 0.541. The van der Waals surface area contributed by atoms with E-state index >= 15 is 0 Å². The number of nitrogens with one attached hydrogen (secondary N) is 2. The molecule has 4 nitrogen and oxygen atoms in total. The first-order chi connectivity index (χ1) is 7.58. The summed E-state index contributed by atoms with van der Waals surface area (Å²) in [5, 5.41) is 6.71. The Morgan fingerprint density at radius 1 is 0.625 bits per heavy atom. The first-order valence-corrected chi connectivity index (χ1v) is 6.25. The van der Waals surface area contributed by atoms with E-state index in [0.717, 1.165) is 26.4 Å². The van der Waals surface area contributed by atoms with Gasteiger partial charge in [-0.15, -0.1) is 0 Å². The molecule has 2 N–H and O–H groups in total. The molecule has 0 bridgehead atoms. The van der Waals surface area contributed by atoms with Crippen LogP contribution < -0.4 is 10.6 Å². The molecular weight excluding hydrogens is 204 g/mol. The standard InChI is InChI=1S/2C6H13NO/c2*1-5-3-8-4-6(2)7-5/h2*5-7H,3-4H2,1-2H3/t2*5-,6-/m10/s1. The number of hydrogen-bond acceptors (Lipinski definition) is 4. The second kappa shape index (κ2) is 7.22. The van der Waals surface area contributed by atoms with Crippen LogP contribution in [0.1, 0.15) is 27.7 Å². The van der Waals surface area contributed by atoms with Gasteiger partial charge in [0.1, 0.15) is 0 Å². The Bertz CT molecular complexity index is 154. The minimum Gasteiger partial charge on any atom is -0.378 e. The summed E-state index contributed by atoms with van der Waals surface area (Å²) in [5.74, 6) is 0. The van der Waals surface area contributed by atoms with Gasteiger partial charge in [-0.1, -0.05) is 0 Å². The molecule has 0 aliphatic carbocycles. The SMILES string of the molecule is C[C@@H]1COC[C@@H](C)N1.C[C@H]1COC[C@H](C)N1. The monoisotopic (exact) mass is 230 g/mol. The quantitative estimate of drug-likeness (QED) is 0.645. The fourth-order valence-electron chi connectivity index (χ4n) is 2.01. The van der Waals surface area contributed by atoms with Crippen molar-refractivity contribution in [3.05, 3.63) is 0 Å². The number of hydrogen-bond donors (Lipinski definition) is 2. The Morgan fingerprint density at radius 3 is 1.00 bits per heavy atom. The highest BCUT2D eigenvalue weighted by Crippen LogP contribution is 1.97. The van der Waals surface area contributed by atoms with E-state index in [2.05, 4.69) is 38.3 Å². The van der Waals surface area contributed by atoms with Crippen LogP contribution in [-0.2, 0) is 9.47 Å². The molecule has 4 heteroatoms. The van der Waals surface area contributed by atoms with Crippen LogP contribution in [0.4, 0.5) is 0 Å². The Labute approximate surface area is 99.1 Å². The summed E-state index contributed by atoms with van der Waals surface area (Å²) in [6, 6.07) is 2.16.